The topological polar surface area (TPSA) is 55.8 Å². The Bertz CT molecular complexity index is 884. The van der Waals surface area contributed by atoms with Gasteiger partial charge in [-0.25, -0.2) is 0 Å². The molecular formula is C25H31NO4. The lowest BCUT2D eigenvalue weighted by Gasteiger charge is -2.32. The molecule has 0 spiro atoms. The first kappa shape index (κ1) is 21.9. The molecule has 1 amide bonds. The smallest absolute Gasteiger partial charge is 0.223 e. The summed E-state index contributed by atoms with van der Waals surface area (Å²) in [6.45, 7) is 7.75. The van der Waals surface area contributed by atoms with E-state index in [0.717, 1.165) is 41.0 Å². The number of hydrogen-bond donors (Lipinski definition) is 0. The molecule has 0 saturated carbocycles. The number of rotatable bonds is 8. The van der Waals surface area contributed by atoms with Gasteiger partial charge >= 0.3 is 0 Å². The van der Waals surface area contributed by atoms with Crippen LogP contribution < -0.4 is 9.47 Å². The second kappa shape index (κ2) is 10.3. The van der Waals surface area contributed by atoms with Gasteiger partial charge < -0.3 is 14.4 Å². The van der Waals surface area contributed by atoms with Gasteiger partial charge in [0.15, 0.2) is 17.3 Å². The van der Waals surface area contributed by atoms with Gasteiger partial charge in [0.25, 0.3) is 0 Å². The van der Waals surface area contributed by atoms with Gasteiger partial charge in [-0.1, -0.05) is 29.8 Å². The van der Waals surface area contributed by atoms with Crippen LogP contribution >= 0.6 is 0 Å². The quantitative estimate of drug-likeness (QED) is 0.591. The molecule has 5 nitrogen and oxygen atoms in total. The molecule has 1 aliphatic heterocycles. The Balaban J connectivity index is 1.47. The van der Waals surface area contributed by atoms with Crippen molar-refractivity contribution in [3.8, 4) is 11.5 Å². The van der Waals surface area contributed by atoms with Crippen LogP contribution in [0.1, 0.15) is 54.1 Å². The van der Waals surface area contributed by atoms with Crippen molar-refractivity contribution >= 4 is 11.7 Å². The van der Waals surface area contributed by atoms with E-state index >= 15 is 0 Å². The lowest BCUT2D eigenvalue weighted by atomic mass is 9.99. The molecule has 1 aliphatic rings. The van der Waals surface area contributed by atoms with Crippen molar-refractivity contribution < 1.29 is 19.1 Å². The summed E-state index contributed by atoms with van der Waals surface area (Å²) in [5, 5.41) is 0. The molecule has 0 bridgehead atoms. The number of aryl methyl sites for hydroxylation is 2. The lowest BCUT2D eigenvalue weighted by molar-refractivity contribution is -0.132. The highest BCUT2D eigenvalue weighted by atomic mass is 16.5. The van der Waals surface area contributed by atoms with E-state index in [1.165, 1.54) is 0 Å². The molecule has 2 aromatic carbocycles. The van der Waals surface area contributed by atoms with Crippen LogP contribution in [-0.4, -0.2) is 42.4 Å². The second-order valence-electron chi connectivity index (χ2n) is 7.82. The van der Waals surface area contributed by atoms with Crippen LogP contribution in [0, 0.1) is 13.8 Å². The number of carbonyl (C=O) groups excluding carboxylic acids is 2. The second-order valence-corrected chi connectivity index (χ2v) is 7.82. The summed E-state index contributed by atoms with van der Waals surface area (Å²) in [4.78, 5) is 27.0. The van der Waals surface area contributed by atoms with E-state index in [9.17, 15) is 9.59 Å². The van der Waals surface area contributed by atoms with Crippen molar-refractivity contribution in [1.29, 1.82) is 0 Å². The maximum absolute atomic E-state index is 12.6. The van der Waals surface area contributed by atoms with E-state index < -0.39 is 0 Å². The Morgan fingerprint density at radius 1 is 1.00 bits per heavy atom. The van der Waals surface area contributed by atoms with E-state index in [4.69, 9.17) is 9.47 Å². The summed E-state index contributed by atoms with van der Waals surface area (Å²) in [5.41, 5.74) is 2.74. The average molecular weight is 410 g/mol. The molecule has 3 rings (SSSR count). The number of ketones is 1. The van der Waals surface area contributed by atoms with E-state index in [1.54, 1.807) is 0 Å². The number of piperidine rings is 1. The molecule has 0 N–H and O–H groups in total. The maximum Gasteiger partial charge on any atom is 0.223 e. The van der Waals surface area contributed by atoms with Crippen LogP contribution in [0.5, 0.6) is 11.5 Å². The van der Waals surface area contributed by atoms with Gasteiger partial charge in [0.1, 0.15) is 6.10 Å². The van der Waals surface area contributed by atoms with Crippen LogP contribution in [0.3, 0.4) is 0 Å². The molecular weight excluding hydrogens is 378 g/mol. The van der Waals surface area contributed by atoms with Crippen LogP contribution in [0.15, 0.2) is 42.5 Å². The molecule has 5 heteroatoms. The number of nitrogens with zero attached hydrogens (tertiary/aromatic N) is 1. The minimum atomic E-state index is 0.0373. The van der Waals surface area contributed by atoms with Gasteiger partial charge in [-0.3, -0.25) is 9.59 Å². The van der Waals surface area contributed by atoms with Crippen molar-refractivity contribution in [3.05, 3.63) is 59.2 Å². The predicted molar refractivity (Wildman–Crippen MR) is 117 cm³/mol. The van der Waals surface area contributed by atoms with Crippen LogP contribution in [0.4, 0.5) is 0 Å². The fraction of sp³-hybridized carbons (Fsp3) is 0.440. The molecule has 2 aromatic rings. The zero-order valence-corrected chi connectivity index (χ0v) is 18.1. The Labute approximate surface area is 179 Å². The monoisotopic (exact) mass is 409 g/mol. The third-order valence-electron chi connectivity index (χ3n) is 5.50. The third-order valence-corrected chi connectivity index (χ3v) is 5.50. The largest absolute Gasteiger partial charge is 0.490 e. The van der Waals surface area contributed by atoms with E-state index in [2.05, 4.69) is 0 Å². The molecule has 160 valence electrons. The van der Waals surface area contributed by atoms with Gasteiger partial charge in [0, 0.05) is 44.3 Å². The van der Waals surface area contributed by atoms with E-state index in [0.29, 0.717) is 19.7 Å². The van der Waals surface area contributed by atoms with Gasteiger partial charge in [-0.2, -0.15) is 0 Å². The Hall–Kier alpha value is -2.82. The van der Waals surface area contributed by atoms with Crippen molar-refractivity contribution in [3.63, 3.8) is 0 Å². The normalized spacial score (nSPS) is 14.4. The van der Waals surface area contributed by atoms with Gasteiger partial charge in [-0.15, -0.1) is 0 Å². The third kappa shape index (κ3) is 5.62. The van der Waals surface area contributed by atoms with Crippen LogP contribution in [0.2, 0.25) is 0 Å². The number of amides is 1. The Morgan fingerprint density at radius 2 is 1.70 bits per heavy atom. The molecule has 0 radical (unpaired) electrons. The Kier molecular flexibility index (Phi) is 7.50. The lowest BCUT2D eigenvalue weighted by Crippen LogP contribution is -2.41. The molecule has 0 atom stereocenters. The molecule has 1 fully saturated rings. The fourth-order valence-electron chi connectivity index (χ4n) is 3.77. The number of carbonyl (C=O) groups is 2. The zero-order valence-electron chi connectivity index (χ0n) is 18.1. The number of likely N-dealkylation sites (tertiary alicyclic amines) is 1. The van der Waals surface area contributed by atoms with Gasteiger partial charge in [0.2, 0.25) is 5.91 Å². The minimum Gasteiger partial charge on any atom is -0.490 e. The predicted octanol–water partition coefficient (Wildman–Crippen LogP) is 4.74. The number of hydrogen-bond acceptors (Lipinski definition) is 4. The first-order chi connectivity index (χ1) is 14.5. The van der Waals surface area contributed by atoms with Crippen molar-refractivity contribution in [2.24, 2.45) is 0 Å². The molecule has 0 aliphatic carbocycles. The summed E-state index contributed by atoms with van der Waals surface area (Å²) >= 11 is 0. The standard InChI is InChI=1S/C25H31NO4/c1-4-29-23-7-5-6-8-24(23)30-20-13-15-26(16-14-20)25(28)12-11-22(27)21-17-18(2)9-10-19(21)3/h5-10,17,20H,4,11-16H2,1-3H3. The molecule has 0 aromatic heterocycles. The van der Waals surface area contributed by atoms with Crippen LogP contribution in [0.25, 0.3) is 0 Å². The minimum absolute atomic E-state index is 0.0373. The zero-order chi connectivity index (χ0) is 21.5. The fourth-order valence-corrected chi connectivity index (χ4v) is 3.77. The average Bonchev–Trinajstić information content (AvgIpc) is 2.75. The summed E-state index contributed by atoms with van der Waals surface area (Å²) in [7, 11) is 0. The SMILES string of the molecule is CCOc1ccccc1OC1CCN(C(=O)CCC(=O)c2cc(C)ccc2C)CC1. The summed E-state index contributed by atoms with van der Waals surface area (Å²) in [5.74, 6) is 1.59. The Morgan fingerprint density at radius 3 is 2.40 bits per heavy atom. The van der Waals surface area contributed by atoms with Gasteiger partial charge in [-0.05, 0) is 44.5 Å². The maximum atomic E-state index is 12.6. The number of ether oxygens (including phenoxy) is 2. The van der Waals surface area contributed by atoms with Crippen molar-refractivity contribution in [1.82, 2.24) is 4.90 Å². The number of benzene rings is 2. The highest BCUT2D eigenvalue weighted by molar-refractivity contribution is 5.99. The first-order valence-corrected chi connectivity index (χ1v) is 10.7. The first-order valence-electron chi connectivity index (χ1n) is 10.7. The summed E-state index contributed by atoms with van der Waals surface area (Å²) in [6.07, 6.45) is 2.12. The summed E-state index contributed by atoms with van der Waals surface area (Å²) < 4.78 is 11.8. The van der Waals surface area contributed by atoms with Crippen molar-refractivity contribution in [2.45, 2.75) is 52.6 Å². The van der Waals surface area contributed by atoms with Crippen LogP contribution in [-0.2, 0) is 4.79 Å². The van der Waals surface area contributed by atoms with Crippen molar-refractivity contribution in [2.75, 3.05) is 19.7 Å². The number of para-hydroxylation sites is 2. The molecule has 1 saturated heterocycles. The summed E-state index contributed by atoms with van der Waals surface area (Å²) in [6, 6.07) is 13.5. The van der Waals surface area contributed by atoms with E-state index in [1.807, 2.05) is 68.1 Å². The molecule has 1 heterocycles. The molecule has 0 unspecified atom stereocenters. The molecule has 30 heavy (non-hydrogen) atoms. The highest BCUT2D eigenvalue weighted by Crippen LogP contribution is 2.29. The van der Waals surface area contributed by atoms with E-state index in [-0.39, 0.29) is 30.6 Å². The highest BCUT2D eigenvalue weighted by Gasteiger charge is 2.25. The van der Waals surface area contributed by atoms with Gasteiger partial charge in [0.05, 0.1) is 6.61 Å². The number of Topliss-reactive ketones (excluding diaryl/α,β-unsaturated/α-hetero) is 1.